The van der Waals surface area contributed by atoms with Gasteiger partial charge in [-0.15, -0.1) is 0 Å². The van der Waals surface area contributed by atoms with Gasteiger partial charge in [0.25, 0.3) is 0 Å². The maximum atomic E-state index is 13.6. The largest absolute Gasteiger partial charge is 0.462 e. The molecule has 2 bridgehead atoms. The molecule has 15 unspecified atom stereocenters. The van der Waals surface area contributed by atoms with Crippen LogP contribution >= 0.6 is 0 Å². The van der Waals surface area contributed by atoms with Crippen LogP contribution in [0.15, 0.2) is 35.5 Å². The zero-order chi connectivity index (χ0) is 37.8. The van der Waals surface area contributed by atoms with Crippen molar-refractivity contribution in [2.24, 2.45) is 23.7 Å². The molecule has 11 nitrogen and oxygen atoms in total. The molecule has 4 heterocycles. The van der Waals surface area contributed by atoms with E-state index in [9.17, 15) is 30.0 Å². The highest BCUT2D eigenvalue weighted by Gasteiger charge is 2.59. The second kappa shape index (κ2) is 17.5. The van der Waals surface area contributed by atoms with Crippen LogP contribution in [0.2, 0.25) is 0 Å². The van der Waals surface area contributed by atoms with Gasteiger partial charge in [-0.25, -0.2) is 0 Å². The lowest BCUT2D eigenvalue weighted by Gasteiger charge is -2.38. The molecule has 0 aliphatic carbocycles. The van der Waals surface area contributed by atoms with Gasteiger partial charge in [-0.1, -0.05) is 58.9 Å². The minimum atomic E-state index is -1.75. The molecule has 0 saturated carbocycles. The summed E-state index contributed by atoms with van der Waals surface area (Å²) >= 11 is 0. The fraction of sp³-hybridized carbons (Fsp3) is 0.800. The Hall–Kier alpha value is -1.96. The first kappa shape index (κ1) is 41.8. The Labute approximate surface area is 304 Å². The summed E-state index contributed by atoms with van der Waals surface area (Å²) in [5.41, 5.74) is 1.07. The van der Waals surface area contributed by atoms with E-state index in [0.717, 1.165) is 17.6 Å². The lowest BCUT2D eigenvalue weighted by molar-refractivity contribution is -0.254. The van der Waals surface area contributed by atoms with Crippen molar-refractivity contribution in [3.8, 4) is 0 Å². The molecule has 2 fully saturated rings. The number of carbonyl (C=O) groups excluding carboxylic acids is 2. The Kier molecular flexibility index (Phi) is 14.3. The van der Waals surface area contributed by atoms with Crippen molar-refractivity contribution in [3.05, 3.63) is 35.5 Å². The number of carbonyl (C=O) groups is 2. The summed E-state index contributed by atoms with van der Waals surface area (Å²) in [5, 5.41) is 43.8. The van der Waals surface area contributed by atoms with E-state index in [-0.39, 0.29) is 48.9 Å². The number of rotatable bonds is 8. The third kappa shape index (κ3) is 10.4. The van der Waals surface area contributed by atoms with Crippen LogP contribution in [0.5, 0.6) is 0 Å². The molecule has 11 heteroatoms. The van der Waals surface area contributed by atoms with Gasteiger partial charge < -0.3 is 44.1 Å². The Morgan fingerprint density at radius 1 is 1.02 bits per heavy atom. The molecule has 4 N–H and O–H groups in total. The summed E-state index contributed by atoms with van der Waals surface area (Å²) < 4.78 is 30.5. The predicted octanol–water partition coefficient (Wildman–Crippen LogP) is 5.07. The Morgan fingerprint density at radius 3 is 2.37 bits per heavy atom. The number of ketones is 1. The average Bonchev–Trinajstić information content (AvgIpc) is 3.78. The van der Waals surface area contributed by atoms with E-state index in [2.05, 4.69) is 6.08 Å². The minimum absolute atomic E-state index is 0.00864. The van der Waals surface area contributed by atoms with Gasteiger partial charge >= 0.3 is 5.97 Å². The number of aliphatic hydroxyl groups excluding tert-OH is 3. The number of fused-ring (bicyclic) bond motifs is 2. The molecule has 290 valence electrons. The van der Waals surface area contributed by atoms with E-state index >= 15 is 0 Å². The average molecular weight is 721 g/mol. The zero-order valence-electron chi connectivity index (χ0n) is 32.1. The summed E-state index contributed by atoms with van der Waals surface area (Å²) in [7, 11) is 0. The lowest BCUT2D eigenvalue weighted by atomic mass is 9.79. The first-order valence-electron chi connectivity index (χ1n) is 19.1. The SMILES string of the molecule is CCC(=O)C1(C)OC1C(C)CC(C)C1OC(=O)CC2(O)CC=C(C)C(O2)/C(C)=C/CCCC(OC2CC(O)C(O)C(C)O2)/C=C/C(C)C(O)C1C. The number of ether oxygens (including phenoxy) is 5. The normalized spacial score (nSPS) is 44.4. The summed E-state index contributed by atoms with van der Waals surface area (Å²) in [6.45, 7) is 17.0. The van der Waals surface area contributed by atoms with E-state index in [1.165, 1.54) is 0 Å². The van der Waals surface area contributed by atoms with Crippen molar-refractivity contribution >= 4 is 11.8 Å². The highest BCUT2D eigenvalue weighted by molar-refractivity contribution is 5.89. The van der Waals surface area contributed by atoms with E-state index < -0.39 is 72.3 Å². The van der Waals surface area contributed by atoms with Crippen molar-refractivity contribution in [3.63, 3.8) is 0 Å². The molecular formula is C40H64O11. The van der Waals surface area contributed by atoms with Gasteiger partial charge in [0.1, 0.15) is 18.3 Å². The maximum Gasteiger partial charge on any atom is 0.311 e. The van der Waals surface area contributed by atoms with Crippen LogP contribution in [0.25, 0.3) is 0 Å². The molecule has 15 atom stereocenters. The van der Waals surface area contributed by atoms with Crippen LogP contribution in [-0.4, -0.2) is 98.7 Å². The second-order valence-corrected chi connectivity index (χ2v) is 16.1. The molecule has 51 heavy (non-hydrogen) atoms. The molecule has 0 amide bonds. The van der Waals surface area contributed by atoms with Crippen LogP contribution in [-0.2, 0) is 33.3 Å². The summed E-state index contributed by atoms with van der Waals surface area (Å²) in [6.07, 6.45) is 4.82. The van der Waals surface area contributed by atoms with Crippen molar-refractivity contribution in [2.45, 2.75) is 180 Å². The van der Waals surface area contributed by atoms with E-state index in [0.29, 0.717) is 25.7 Å². The van der Waals surface area contributed by atoms with Crippen LogP contribution in [0, 0.1) is 23.7 Å². The Bertz CT molecular complexity index is 1280. The molecule has 4 aliphatic rings. The van der Waals surface area contributed by atoms with Gasteiger partial charge in [0.2, 0.25) is 0 Å². The lowest BCUT2D eigenvalue weighted by Crippen LogP contribution is -2.48. The topological polar surface area (TPSA) is 165 Å². The molecule has 0 spiro atoms. The van der Waals surface area contributed by atoms with Crippen molar-refractivity contribution < 1.29 is 53.7 Å². The zero-order valence-corrected chi connectivity index (χ0v) is 32.1. The smallest absolute Gasteiger partial charge is 0.311 e. The first-order chi connectivity index (χ1) is 23.9. The quantitative estimate of drug-likeness (QED) is 0.150. The summed E-state index contributed by atoms with van der Waals surface area (Å²) in [5.74, 6) is -3.38. The molecule has 0 radical (unpaired) electrons. The van der Waals surface area contributed by atoms with Gasteiger partial charge in [-0.2, -0.15) is 0 Å². The van der Waals surface area contributed by atoms with Gasteiger partial charge in [-0.3, -0.25) is 9.59 Å². The first-order valence-corrected chi connectivity index (χ1v) is 19.1. The minimum Gasteiger partial charge on any atom is -0.462 e. The van der Waals surface area contributed by atoms with Gasteiger partial charge in [0.05, 0.1) is 36.9 Å². The van der Waals surface area contributed by atoms with Crippen molar-refractivity contribution in [1.82, 2.24) is 0 Å². The number of epoxide rings is 1. The Balaban J connectivity index is 1.60. The molecule has 0 aromatic heterocycles. The fourth-order valence-electron chi connectivity index (χ4n) is 8.18. The van der Waals surface area contributed by atoms with Crippen molar-refractivity contribution in [2.75, 3.05) is 0 Å². The molecular weight excluding hydrogens is 656 g/mol. The summed E-state index contributed by atoms with van der Waals surface area (Å²) in [4.78, 5) is 26.2. The number of cyclic esters (lactones) is 1. The Morgan fingerprint density at radius 2 is 1.71 bits per heavy atom. The predicted molar refractivity (Wildman–Crippen MR) is 191 cm³/mol. The van der Waals surface area contributed by atoms with E-state index in [1.807, 2.05) is 73.6 Å². The third-order valence-electron chi connectivity index (χ3n) is 11.5. The highest BCUT2D eigenvalue weighted by Crippen LogP contribution is 2.45. The molecule has 4 rings (SSSR count). The summed E-state index contributed by atoms with van der Waals surface area (Å²) in [6, 6.07) is 0. The number of hydrogen-bond acceptors (Lipinski definition) is 11. The van der Waals surface area contributed by atoms with Gasteiger partial charge in [-0.05, 0) is 76.4 Å². The third-order valence-corrected chi connectivity index (χ3v) is 11.5. The van der Waals surface area contributed by atoms with E-state index in [1.54, 1.807) is 6.92 Å². The molecule has 4 aliphatic heterocycles. The van der Waals surface area contributed by atoms with Crippen LogP contribution in [0.3, 0.4) is 0 Å². The number of allylic oxidation sites excluding steroid dienone is 1. The molecule has 0 aromatic carbocycles. The van der Waals surface area contributed by atoms with Crippen LogP contribution in [0.1, 0.15) is 114 Å². The van der Waals surface area contributed by atoms with Gasteiger partial charge in [0.15, 0.2) is 23.5 Å². The highest BCUT2D eigenvalue weighted by atomic mass is 16.7. The van der Waals surface area contributed by atoms with E-state index in [4.69, 9.17) is 23.7 Å². The van der Waals surface area contributed by atoms with Crippen LogP contribution in [0.4, 0.5) is 0 Å². The molecule has 2 saturated heterocycles. The monoisotopic (exact) mass is 720 g/mol. The number of Topliss-reactive ketones (excluding diaryl/α,β-unsaturated/α-hetero) is 1. The fourth-order valence-corrected chi connectivity index (χ4v) is 8.18. The number of hydrogen-bond donors (Lipinski definition) is 4. The van der Waals surface area contributed by atoms with Crippen LogP contribution < -0.4 is 0 Å². The van der Waals surface area contributed by atoms with Gasteiger partial charge in [0, 0.05) is 31.1 Å². The maximum absolute atomic E-state index is 13.6. The number of aliphatic hydroxyl groups is 4. The molecule has 0 aromatic rings. The number of esters is 1. The second-order valence-electron chi connectivity index (χ2n) is 16.1. The van der Waals surface area contributed by atoms with Crippen molar-refractivity contribution in [1.29, 1.82) is 0 Å². The standard InChI is InChI=1S/C40H64O11/c1-10-31(42)39(9)38(51-39)26(6)19-25(5)37-27(7)34(44)22(2)15-16-29(48-33-20-30(41)35(45)28(8)47-33)14-12-11-13-23(3)36-24(4)17-18-40(46,50-36)21-32(43)49-37/h13,15-17,22,25-30,33-38,41,44-46H,10-12,14,18-21H2,1-9H3/b16-15+,23-13+.